The summed E-state index contributed by atoms with van der Waals surface area (Å²) in [6.45, 7) is 0. The van der Waals surface area contributed by atoms with E-state index < -0.39 is 49.9 Å². The van der Waals surface area contributed by atoms with Crippen molar-refractivity contribution in [3.05, 3.63) is 52.4 Å². The summed E-state index contributed by atoms with van der Waals surface area (Å²) in [4.78, 5) is 12.2. The number of benzene rings is 2. The van der Waals surface area contributed by atoms with E-state index >= 15 is 0 Å². The molecule has 0 aliphatic heterocycles. The van der Waals surface area contributed by atoms with Crippen molar-refractivity contribution in [3.63, 3.8) is 0 Å². The summed E-state index contributed by atoms with van der Waals surface area (Å²) < 4.78 is 55.0. The summed E-state index contributed by atoms with van der Waals surface area (Å²) in [5, 5.41) is 19.0. The average Bonchev–Trinajstić information content (AvgIpc) is 2.50. The Kier molecular flexibility index (Phi) is 3.85. The van der Waals surface area contributed by atoms with Crippen molar-refractivity contribution < 1.29 is 36.2 Å². The third kappa shape index (κ3) is 3.25. The summed E-state index contributed by atoms with van der Waals surface area (Å²) in [5.41, 5.74) is -1.20. The molecule has 1 aromatic heterocycles. The molecule has 0 radical (unpaired) electrons. The number of hydrogen-bond acceptors (Lipinski definition) is 8. The van der Waals surface area contributed by atoms with Crippen LogP contribution >= 0.6 is 0 Å². The number of rotatable bonds is 3. The van der Waals surface area contributed by atoms with Crippen LogP contribution in [0.4, 0.5) is 4.39 Å². The SMILES string of the molecule is O=c1cc(-c2ccc(F)cc2)oc2c(OS(=O)(=O)[O-])c(O)cc(O)c12. The molecule has 0 saturated carbocycles. The van der Waals surface area contributed by atoms with Crippen molar-refractivity contribution >= 4 is 21.4 Å². The van der Waals surface area contributed by atoms with E-state index in [-0.39, 0.29) is 11.3 Å². The zero-order chi connectivity index (χ0) is 18.4. The van der Waals surface area contributed by atoms with E-state index in [4.69, 9.17) is 4.42 Å². The summed E-state index contributed by atoms with van der Waals surface area (Å²) in [6.07, 6.45) is 0. The van der Waals surface area contributed by atoms with Crippen LogP contribution in [-0.2, 0) is 10.4 Å². The van der Waals surface area contributed by atoms with E-state index in [2.05, 4.69) is 4.18 Å². The molecule has 0 amide bonds. The second-order valence-electron chi connectivity index (χ2n) is 4.92. The van der Waals surface area contributed by atoms with Gasteiger partial charge in [-0.15, -0.1) is 0 Å². The lowest BCUT2D eigenvalue weighted by Gasteiger charge is -2.13. The van der Waals surface area contributed by atoms with Gasteiger partial charge in [0.15, 0.2) is 16.8 Å². The van der Waals surface area contributed by atoms with Crippen LogP contribution in [0.1, 0.15) is 0 Å². The van der Waals surface area contributed by atoms with E-state index in [1.807, 2.05) is 0 Å². The number of phenols is 2. The maximum atomic E-state index is 13.0. The summed E-state index contributed by atoms with van der Waals surface area (Å²) in [5.74, 6) is -3.24. The topological polar surface area (TPSA) is 137 Å². The van der Waals surface area contributed by atoms with E-state index in [9.17, 15) is 32.4 Å². The highest BCUT2D eigenvalue weighted by Crippen LogP contribution is 2.41. The molecule has 25 heavy (non-hydrogen) atoms. The highest BCUT2D eigenvalue weighted by Gasteiger charge is 2.21. The molecule has 8 nitrogen and oxygen atoms in total. The Labute approximate surface area is 139 Å². The first kappa shape index (κ1) is 16.7. The molecular weight excluding hydrogens is 359 g/mol. The van der Waals surface area contributed by atoms with E-state index in [0.29, 0.717) is 6.07 Å². The molecule has 10 heteroatoms. The lowest BCUT2D eigenvalue weighted by Crippen LogP contribution is -2.09. The molecule has 0 spiro atoms. The third-order valence-corrected chi connectivity index (χ3v) is 3.60. The minimum Gasteiger partial charge on any atom is -0.716 e. The quantitative estimate of drug-likeness (QED) is 0.528. The molecule has 1 heterocycles. The minimum atomic E-state index is -5.30. The van der Waals surface area contributed by atoms with Crippen LogP contribution in [0.2, 0.25) is 0 Å². The fourth-order valence-corrected chi connectivity index (χ4v) is 2.58. The maximum Gasteiger partial charge on any atom is 0.262 e. The van der Waals surface area contributed by atoms with Crippen LogP contribution < -0.4 is 9.61 Å². The molecule has 3 rings (SSSR count). The molecule has 3 aromatic rings. The summed E-state index contributed by atoms with van der Waals surface area (Å²) in [7, 11) is -5.30. The van der Waals surface area contributed by atoms with Crippen LogP contribution in [0, 0.1) is 5.82 Å². The monoisotopic (exact) mass is 367 g/mol. The molecule has 0 atom stereocenters. The lowest BCUT2D eigenvalue weighted by atomic mass is 10.1. The lowest BCUT2D eigenvalue weighted by molar-refractivity contribution is 0.356. The zero-order valence-electron chi connectivity index (χ0n) is 12.1. The molecular formula is C15H8FO8S-. The van der Waals surface area contributed by atoms with Gasteiger partial charge in [0.2, 0.25) is 5.75 Å². The molecule has 0 fully saturated rings. The van der Waals surface area contributed by atoms with Gasteiger partial charge in [-0.1, -0.05) is 0 Å². The first-order valence-electron chi connectivity index (χ1n) is 6.60. The van der Waals surface area contributed by atoms with Gasteiger partial charge < -0.3 is 23.4 Å². The highest BCUT2D eigenvalue weighted by molar-refractivity contribution is 7.81. The largest absolute Gasteiger partial charge is 0.716 e. The maximum absolute atomic E-state index is 13.0. The highest BCUT2D eigenvalue weighted by atomic mass is 32.3. The molecule has 0 unspecified atom stereocenters. The van der Waals surface area contributed by atoms with E-state index in [0.717, 1.165) is 18.2 Å². The van der Waals surface area contributed by atoms with Crippen LogP contribution in [0.25, 0.3) is 22.3 Å². The van der Waals surface area contributed by atoms with Gasteiger partial charge >= 0.3 is 0 Å². The molecule has 0 saturated heterocycles. The normalized spacial score (nSPS) is 11.6. The Balaban J connectivity index is 2.36. The number of aromatic hydroxyl groups is 2. The van der Waals surface area contributed by atoms with Crippen molar-refractivity contribution in [3.8, 4) is 28.6 Å². The van der Waals surface area contributed by atoms with Gasteiger partial charge in [0.1, 0.15) is 22.7 Å². The van der Waals surface area contributed by atoms with Crippen LogP contribution in [0.5, 0.6) is 17.2 Å². The van der Waals surface area contributed by atoms with Crippen LogP contribution in [0.3, 0.4) is 0 Å². The summed E-state index contributed by atoms with van der Waals surface area (Å²) >= 11 is 0. The second-order valence-corrected chi connectivity index (χ2v) is 5.90. The zero-order valence-corrected chi connectivity index (χ0v) is 12.9. The molecule has 2 aromatic carbocycles. The first-order chi connectivity index (χ1) is 11.7. The first-order valence-corrected chi connectivity index (χ1v) is 7.93. The fourth-order valence-electron chi connectivity index (χ4n) is 2.22. The van der Waals surface area contributed by atoms with Crippen LogP contribution in [-0.4, -0.2) is 23.2 Å². The van der Waals surface area contributed by atoms with Crippen LogP contribution in [0.15, 0.2) is 45.6 Å². The average molecular weight is 367 g/mol. The standard InChI is InChI=1S/C15H9FO8S/c16-8-3-1-7(2-4-8)12-6-10(18)13-9(17)5-11(19)14(15(13)23-12)24-25(20,21)22/h1-6,17,19H,(H,20,21,22)/p-1. The minimum absolute atomic E-state index is 0.129. The summed E-state index contributed by atoms with van der Waals surface area (Å²) in [6, 6.07) is 6.37. The van der Waals surface area contributed by atoms with E-state index in [1.54, 1.807) is 0 Å². The predicted octanol–water partition coefficient (Wildman–Crippen LogP) is 1.85. The van der Waals surface area contributed by atoms with Gasteiger partial charge in [0.25, 0.3) is 10.4 Å². The Morgan fingerprint density at radius 3 is 2.32 bits per heavy atom. The number of fused-ring (bicyclic) bond motifs is 1. The molecule has 2 N–H and O–H groups in total. The Bertz CT molecular complexity index is 1130. The molecule has 0 bridgehead atoms. The number of hydrogen-bond donors (Lipinski definition) is 2. The Morgan fingerprint density at radius 1 is 1.08 bits per heavy atom. The predicted molar refractivity (Wildman–Crippen MR) is 81.5 cm³/mol. The third-order valence-electron chi connectivity index (χ3n) is 3.23. The number of halogens is 1. The van der Waals surface area contributed by atoms with Gasteiger partial charge in [-0.25, -0.2) is 12.8 Å². The van der Waals surface area contributed by atoms with Gasteiger partial charge in [0, 0.05) is 17.7 Å². The van der Waals surface area contributed by atoms with Gasteiger partial charge in [-0.3, -0.25) is 4.79 Å². The second kappa shape index (κ2) is 5.76. The Hall–Kier alpha value is -3.11. The van der Waals surface area contributed by atoms with Crippen molar-refractivity contribution in [1.82, 2.24) is 0 Å². The molecule has 0 aliphatic rings. The van der Waals surface area contributed by atoms with Crippen molar-refractivity contribution in [2.75, 3.05) is 0 Å². The Morgan fingerprint density at radius 2 is 1.72 bits per heavy atom. The number of phenolic OH excluding ortho intramolecular Hbond substituents is 2. The van der Waals surface area contributed by atoms with Crippen molar-refractivity contribution in [2.45, 2.75) is 0 Å². The van der Waals surface area contributed by atoms with E-state index in [1.165, 1.54) is 12.1 Å². The van der Waals surface area contributed by atoms with Crippen molar-refractivity contribution in [2.24, 2.45) is 0 Å². The fraction of sp³-hybridized carbons (Fsp3) is 0. The van der Waals surface area contributed by atoms with Gasteiger partial charge in [-0.05, 0) is 24.3 Å². The van der Waals surface area contributed by atoms with Gasteiger partial charge in [0.05, 0.1) is 0 Å². The molecule has 0 aliphatic carbocycles. The smallest absolute Gasteiger partial charge is 0.262 e. The molecule has 130 valence electrons. The van der Waals surface area contributed by atoms with Crippen molar-refractivity contribution in [1.29, 1.82) is 0 Å². The van der Waals surface area contributed by atoms with Gasteiger partial charge in [-0.2, -0.15) is 0 Å².